The van der Waals surface area contributed by atoms with E-state index in [0.29, 0.717) is 16.6 Å². The van der Waals surface area contributed by atoms with Gasteiger partial charge < -0.3 is 10.2 Å². The van der Waals surface area contributed by atoms with Crippen molar-refractivity contribution in [3.8, 4) is 0 Å². The van der Waals surface area contributed by atoms with E-state index in [0.717, 1.165) is 35.6 Å². The molecule has 0 radical (unpaired) electrons. The summed E-state index contributed by atoms with van der Waals surface area (Å²) in [5.41, 5.74) is 1.38. The number of benzene rings is 3. The lowest BCUT2D eigenvalue weighted by molar-refractivity contribution is -0.139. The van der Waals surface area contributed by atoms with Crippen molar-refractivity contribution in [1.29, 1.82) is 0 Å². The molecule has 0 bridgehead atoms. The minimum Gasteiger partial charge on any atom is -0.352 e. The number of hydrogen-bond donors (Lipinski definition) is 1. The summed E-state index contributed by atoms with van der Waals surface area (Å²) in [6.45, 7) is 1.56. The van der Waals surface area contributed by atoms with Crippen molar-refractivity contribution in [2.45, 2.75) is 62.4 Å². The molecule has 7 nitrogen and oxygen atoms in total. The fraction of sp³-hybridized carbons (Fsp3) is 0.355. The smallest absolute Gasteiger partial charge is 0.264 e. The molecule has 0 spiro atoms. The molecule has 0 heterocycles. The Morgan fingerprint density at radius 2 is 1.57 bits per heavy atom. The van der Waals surface area contributed by atoms with E-state index in [9.17, 15) is 18.0 Å². The first kappa shape index (κ1) is 29.8. The van der Waals surface area contributed by atoms with E-state index < -0.39 is 28.5 Å². The Balaban J connectivity index is 1.62. The number of carbonyl (C=O) groups is 2. The van der Waals surface area contributed by atoms with Crippen LogP contribution in [-0.4, -0.2) is 50.3 Å². The first-order valence-electron chi connectivity index (χ1n) is 13.7. The molecule has 0 aliphatic heterocycles. The summed E-state index contributed by atoms with van der Waals surface area (Å²) in [5, 5.41) is 3.13. The lowest BCUT2D eigenvalue weighted by atomic mass is 9.95. The van der Waals surface area contributed by atoms with Crippen molar-refractivity contribution in [3.05, 3.63) is 95.0 Å². The highest BCUT2D eigenvalue weighted by molar-refractivity contribution is 9.10. The van der Waals surface area contributed by atoms with Crippen LogP contribution in [0.25, 0.3) is 0 Å². The van der Waals surface area contributed by atoms with Crippen LogP contribution in [0, 0.1) is 0 Å². The van der Waals surface area contributed by atoms with Gasteiger partial charge in [-0.05, 0) is 62.1 Å². The van der Waals surface area contributed by atoms with Gasteiger partial charge in [0.15, 0.2) is 0 Å². The van der Waals surface area contributed by atoms with Crippen molar-refractivity contribution in [2.75, 3.05) is 17.4 Å². The Labute approximate surface area is 245 Å². The van der Waals surface area contributed by atoms with Gasteiger partial charge in [0, 0.05) is 17.1 Å². The number of rotatable bonds is 11. The lowest BCUT2D eigenvalue weighted by Gasteiger charge is -2.33. The third-order valence-corrected chi connectivity index (χ3v) is 9.59. The molecule has 1 fully saturated rings. The highest BCUT2D eigenvalue weighted by Gasteiger charge is 2.33. The number of nitrogens with one attached hydrogen (secondary N) is 1. The molecule has 9 heteroatoms. The average Bonchev–Trinajstić information content (AvgIpc) is 2.97. The lowest BCUT2D eigenvalue weighted by Crippen LogP contribution is -2.53. The quantitative estimate of drug-likeness (QED) is 0.302. The van der Waals surface area contributed by atoms with Gasteiger partial charge in [-0.2, -0.15) is 0 Å². The fourth-order valence-electron chi connectivity index (χ4n) is 5.02. The van der Waals surface area contributed by atoms with Crippen molar-refractivity contribution >= 4 is 43.5 Å². The van der Waals surface area contributed by atoms with Crippen LogP contribution in [0.3, 0.4) is 0 Å². The summed E-state index contributed by atoms with van der Waals surface area (Å²) in [7, 11) is -4.07. The molecule has 212 valence electrons. The van der Waals surface area contributed by atoms with Gasteiger partial charge >= 0.3 is 0 Å². The predicted octanol–water partition coefficient (Wildman–Crippen LogP) is 5.55. The third kappa shape index (κ3) is 7.73. The summed E-state index contributed by atoms with van der Waals surface area (Å²) >= 11 is 3.42. The number of anilines is 1. The van der Waals surface area contributed by atoms with Crippen LogP contribution >= 0.6 is 15.9 Å². The van der Waals surface area contributed by atoms with Gasteiger partial charge in [-0.3, -0.25) is 13.9 Å². The maximum Gasteiger partial charge on any atom is 0.264 e. The van der Waals surface area contributed by atoms with Crippen LogP contribution in [0.4, 0.5) is 5.69 Å². The molecule has 40 heavy (non-hydrogen) atoms. The van der Waals surface area contributed by atoms with Gasteiger partial charge in [0.2, 0.25) is 11.8 Å². The van der Waals surface area contributed by atoms with E-state index in [1.54, 1.807) is 49.4 Å². The first-order valence-corrected chi connectivity index (χ1v) is 16.0. The molecule has 1 N–H and O–H groups in total. The number of amides is 2. The number of sulfonamides is 1. The monoisotopic (exact) mass is 625 g/mol. The topological polar surface area (TPSA) is 86.8 Å². The van der Waals surface area contributed by atoms with Gasteiger partial charge in [0.05, 0.1) is 10.6 Å². The minimum atomic E-state index is -4.07. The highest BCUT2D eigenvalue weighted by Crippen LogP contribution is 2.27. The summed E-state index contributed by atoms with van der Waals surface area (Å²) in [6, 6.07) is 24.0. The van der Waals surface area contributed by atoms with Crippen LogP contribution in [-0.2, 0) is 26.0 Å². The van der Waals surface area contributed by atoms with Gasteiger partial charge in [-0.15, -0.1) is 0 Å². The Hall–Kier alpha value is -3.17. The first-order chi connectivity index (χ1) is 19.3. The molecular formula is C31H36BrN3O4S. The molecule has 3 aromatic carbocycles. The van der Waals surface area contributed by atoms with E-state index in [1.807, 2.05) is 30.3 Å². The summed E-state index contributed by atoms with van der Waals surface area (Å²) in [6.07, 6.45) is 5.73. The molecule has 1 atom stereocenters. The maximum atomic E-state index is 14.0. The van der Waals surface area contributed by atoms with E-state index in [1.165, 1.54) is 23.5 Å². The van der Waals surface area contributed by atoms with Crippen LogP contribution in [0.2, 0.25) is 0 Å². The second-order valence-corrected chi connectivity index (χ2v) is 12.9. The number of carbonyl (C=O) groups excluding carboxylic acids is 2. The molecule has 1 aliphatic carbocycles. The predicted molar refractivity (Wildman–Crippen MR) is 161 cm³/mol. The molecule has 0 aromatic heterocycles. The Bertz CT molecular complexity index is 1380. The Morgan fingerprint density at radius 3 is 2.23 bits per heavy atom. The fourth-order valence-corrected chi connectivity index (χ4v) is 6.83. The van der Waals surface area contributed by atoms with Crippen molar-refractivity contribution in [2.24, 2.45) is 0 Å². The summed E-state index contributed by atoms with van der Waals surface area (Å²) in [4.78, 5) is 28.9. The van der Waals surface area contributed by atoms with Crippen molar-refractivity contribution in [3.63, 3.8) is 0 Å². The second kappa shape index (κ2) is 13.9. The molecule has 0 saturated heterocycles. The van der Waals surface area contributed by atoms with E-state index in [-0.39, 0.29) is 23.4 Å². The summed E-state index contributed by atoms with van der Waals surface area (Å²) < 4.78 is 29.4. The van der Waals surface area contributed by atoms with Crippen LogP contribution in [0.15, 0.2) is 94.3 Å². The van der Waals surface area contributed by atoms with Gasteiger partial charge in [-0.1, -0.05) is 89.8 Å². The molecule has 4 rings (SSSR count). The molecule has 1 aliphatic rings. The van der Waals surface area contributed by atoms with Crippen LogP contribution < -0.4 is 9.62 Å². The Morgan fingerprint density at radius 1 is 0.925 bits per heavy atom. The highest BCUT2D eigenvalue weighted by atomic mass is 79.9. The molecule has 2 amide bonds. The van der Waals surface area contributed by atoms with Gasteiger partial charge in [0.1, 0.15) is 12.6 Å². The second-order valence-electron chi connectivity index (χ2n) is 10.1. The molecule has 1 saturated carbocycles. The minimum absolute atomic E-state index is 0.0849. The standard InChI is InChI=1S/C31H36BrN3O4S/c1-24(31(37)33-27-15-7-3-8-16-27)34(21-20-25-12-5-2-6-13-25)30(36)23-35(28-17-11-14-26(32)22-28)40(38,39)29-18-9-4-10-19-29/h2,4-6,9-14,17-19,22,24,27H,3,7-8,15-16,20-21,23H2,1H3,(H,33,37). The molecule has 1 unspecified atom stereocenters. The van der Waals surface area contributed by atoms with E-state index in [4.69, 9.17) is 0 Å². The average molecular weight is 627 g/mol. The van der Waals surface area contributed by atoms with Crippen LogP contribution in [0.5, 0.6) is 0 Å². The molecule has 3 aromatic rings. The zero-order valence-electron chi connectivity index (χ0n) is 22.7. The number of halogens is 1. The number of nitrogens with zero attached hydrogens (tertiary/aromatic N) is 2. The Kier molecular flexibility index (Phi) is 10.4. The molecular weight excluding hydrogens is 590 g/mol. The summed E-state index contributed by atoms with van der Waals surface area (Å²) in [5.74, 6) is -0.657. The van der Waals surface area contributed by atoms with Gasteiger partial charge in [-0.25, -0.2) is 8.42 Å². The zero-order chi connectivity index (χ0) is 28.5. The van der Waals surface area contributed by atoms with Crippen LogP contribution in [0.1, 0.15) is 44.6 Å². The zero-order valence-corrected chi connectivity index (χ0v) is 25.1. The van der Waals surface area contributed by atoms with E-state index in [2.05, 4.69) is 21.2 Å². The van der Waals surface area contributed by atoms with E-state index >= 15 is 0 Å². The van der Waals surface area contributed by atoms with Gasteiger partial charge in [0.25, 0.3) is 10.0 Å². The SMILES string of the molecule is CC(C(=O)NC1CCCCC1)N(CCc1ccccc1)C(=O)CN(c1cccc(Br)c1)S(=O)(=O)c1ccccc1. The van der Waals surface area contributed by atoms with Crippen molar-refractivity contribution in [1.82, 2.24) is 10.2 Å². The third-order valence-electron chi connectivity index (χ3n) is 7.31. The maximum absolute atomic E-state index is 14.0. The largest absolute Gasteiger partial charge is 0.352 e. The van der Waals surface area contributed by atoms with Crippen molar-refractivity contribution < 1.29 is 18.0 Å². The normalized spacial score (nSPS) is 14.8. The number of hydrogen-bond acceptors (Lipinski definition) is 4.